The Hall–Kier alpha value is -6.30. The number of hydrogen-bond acceptors (Lipinski definition) is 5. The van der Waals surface area contributed by atoms with Crippen molar-refractivity contribution in [1.29, 1.82) is 0 Å². The van der Waals surface area contributed by atoms with E-state index in [1.54, 1.807) is 0 Å². The number of benzene rings is 7. The molecular weight excluding hydrogens is 631 g/mol. The van der Waals surface area contributed by atoms with Gasteiger partial charge in [0.05, 0.1) is 0 Å². The third kappa shape index (κ3) is 4.90. The second kappa shape index (κ2) is 11.7. The molecule has 1 atom stereocenters. The van der Waals surface area contributed by atoms with E-state index in [9.17, 15) is 0 Å². The van der Waals surface area contributed by atoms with Gasteiger partial charge in [-0.3, -0.25) is 0 Å². The van der Waals surface area contributed by atoms with Gasteiger partial charge in [0.1, 0.15) is 22.8 Å². The highest BCUT2D eigenvalue weighted by atomic mass is 32.1. The maximum absolute atomic E-state index is 6.38. The number of rotatable bonds is 5. The van der Waals surface area contributed by atoms with Crippen molar-refractivity contribution in [3.8, 4) is 22.3 Å². The van der Waals surface area contributed by atoms with Crippen molar-refractivity contribution < 1.29 is 4.42 Å². The number of hydrogen-bond donors (Lipinski definition) is 1. The summed E-state index contributed by atoms with van der Waals surface area (Å²) in [6, 6.07) is 57.4. The van der Waals surface area contributed by atoms with Crippen molar-refractivity contribution in [2.45, 2.75) is 6.17 Å². The zero-order valence-corrected chi connectivity index (χ0v) is 27.7. The van der Waals surface area contributed by atoms with Crippen LogP contribution in [0.4, 0.5) is 0 Å². The van der Waals surface area contributed by atoms with Crippen LogP contribution < -0.4 is 5.32 Å². The second-order valence-corrected chi connectivity index (χ2v) is 13.7. The second-order valence-electron chi connectivity index (χ2n) is 12.6. The fourth-order valence-electron chi connectivity index (χ4n) is 7.10. The zero-order chi connectivity index (χ0) is 33.0. The Morgan fingerprint density at radius 1 is 0.460 bits per heavy atom. The Kier molecular flexibility index (Phi) is 6.71. The summed E-state index contributed by atoms with van der Waals surface area (Å²) in [6.07, 6.45) is -0.391. The lowest BCUT2D eigenvalue weighted by atomic mass is 9.96. The number of furan rings is 1. The van der Waals surface area contributed by atoms with Crippen molar-refractivity contribution in [2.24, 2.45) is 9.98 Å². The minimum atomic E-state index is -0.391. The Morgan fingerprint density at radius 2 is 1.16 bits per heavy atom. The van der Waals surface area contributed by atoms with Crippen LogP contribution in [0.5, 0.6) is 0 Å². The predicted molar refractivity (Wildman–Crippen MR) is 209 cm³/mol. The van der Waals surface area contributed by atoms with E-state index in [1.165, 1.54) is 25.7 Å². The summed E-state index contributed by atoms with van der Waals surface area (Å²) in [7, 11) is 0. The van der Waals surface area contributed by atoms with Gasteiger partial charge in [-0.15, -0.1) is 11.3 Å². The van der Waals surface area contributed by atoms with Crippen LogP contribution in [0, 0.1) is 0 Å². The summed E-state index contributed by atoms with van der Waals surface area (Å²) in [5, 5.41) is 8.36. The van der Waals surface area contributed by atoms with Gasteiger partial charge in [0.2, 0.25) is 0 Å². The van der Waals surface area contributed by atoms with Crippen molar-refractivity contribution in [1.82, 2.24) is 5.32 Å². The highest BCUT2D eigenvalue weighted by Crippen LogP contribution is 2.40. The van der Waals surface area contributed by atoms with Crippen LogP contribution in [-0.4, -0.2) is 11.7 Å². The molecule has 0 amide bonds. The molecule has 0 radical (unpaired) electrons. The summed E-state index contributed by atoms with van der Waals surface area (Å²) in [6.45, 7) is 0. The molecule has 3 heterocycles. The first kappa shape index (κ1) is 28.7. The molecule has 0 spiro atoms. The molecule has 0 aliphatic carbocycles. The van der Waals surface area contributed by atoms with Gasteiger partial charge in [0.15, 0.2) is 6.17 Å². The molecule has 1 unspecified atom stereocenters. The lowest BCUT2D eigenvalue weighted by Crippen LogP contribution is -2.36. The fraction of sp³-hybridized carbons (Fsp3) is 0.0222. The summed E-state index contributed by atoms with van der Waals surface area (Å²) < 4.78 is 8.91. The van der Waals surface area contributed by atoms with E-state index < -0.39 is 6.17 Å². The molecule has 4 nitrogen and oxygen atoms in total. The van der Waals surface area contributed by atoms with Gasteiger partial charge in [-0.05, 0) is 64.2 Å². The predicted octanol–water partition coefficient (Wildman–Crippen LogP) is 11.8. The number of amidine groups is 2. The molecule has 1 aliphatic rings. The molecule has 236 valence electrons. The molecular formula is C45H29N3OS. The average molecular weight is 660 g/mol. The van der Waals surface area contributed by atoms with E-state index in [1.807, 2.05) is 35.6 Å². The summed E-state index contributed by atoms with van der Waals surface area (Å²) in [5.41, 5.74) is 9.39. The largest absolute Gasteiger partial charge is 0.456 e. The van der Waals surface area contributed by atoms with Crippen molar-refractivity contribution in [3.63, 3.8) is 0 Å². The van der Waals surface area contributed by atoms with Crippen LogP contribution in [0.3, 0.4) is 0 Å². The number of fused-ring (bicyclic) bond motifs is 6. The third-order valence-electron chi connectivity index (χ3n) is 9.54. The molecule has 5 heteroatoms. The van der Waals surface area contributed by atoms with Crippen LogP contribution in [0.15, 0.2) is 178 Å². The number of thiophene rings is 1. The van der Waals surface area contributed by atoms with Crippen LogP contribution >= 0.6 is 11.3 Å². The van der Waals surface area contributed by atoms with E-state index in [2.05, 4.69) is 145 Å². The maximum Gasteiger partial charge on any atom is 0.169 e. The molecule has 10 rings (SSSR count). The van der Waals surface area contributed by atoms with Gasteiger partial charge < -0.3 is 9.73 Å². The highest BCUT2D eigenvalue weighted by molar-refractivity contribution is 7.25. The van der Waals surface area contributed by atoms with Crippen LogP contribution in [-0.2, 0) is 0 Å². The first-order chi connectivity index (χ1) is 24.7. The van der Waals surface area contributed by atoms with Gasteiger partial charge in [-0.2, -0.15) is 0 Å². The minimum Gasteiger partial charge on any atom is -0.456 e. The Balaban J connectivity index is 1.09. The fourth-order valence-corrected chi connectivity index (χ4v) is 8.26. The number of aliphatic imine (C=N–C) groups is 2. The van der Waals surface area contributed by atoms with Gasteiger partial charge in [-0.25, -0.2) is 9.98 Å². The topological polar surface area (TPSA) is 49.9 Å². The SMILES string of the molecule is c1ccc(C2=NC(c3ccc4c(c3)sc3ccccc34)N=C(c3cccc(-c4cccc5oc6ccc(-c7ccccc7)cc6c45)c3)N2)cc1. The Morgan fingerprint density at radius 3 is 2.02 bits per heavy atom. The molecule has 0 saturated carbocycles. The van der Waals surface area contributed by atoms with Crippen LogP contribution in [0.2, 0.25) is 0 Å². The first-order valence-electron chi connectivity index (χ1n) is 16.8. The third-order valence-corrected chi connectivity index (χ3v) is 10.7. The standard InChI is InChI=1S/C45H29N3OS/c1-3-11-28(12-4-1)30-22-24-38-37(26-30)42-34(18-10-19-39(42)49-38)31-15-9-16-32(25-31)44-46-43(29-13-5-2-6-14-29)47-45(48-44)33-21-23-36-35-17-7-8-20-40(35)50-41(36)27-33/h1-27,45H,(H,46,47,48). The Labute approximate surface area is 292 Å². The normalized spacial score (nSPS) is 14.6. The lowest BCUT2D eigenvalue weighted by Gasteiger charge is -2.22. The minimum absolute atomic E-state index is 0.391. The van der Waals surface area contributed by atoms with Crippen LogP contribution in [0.25, 0.3) is 64.4 Å². The van der Waals surface area contributed by atoms with E-state index in [0.29, 0.717) is 0 Å². The maximum atomic E-state index is 6.38. The summed E-state index contributed by atoms with van der Waals surface area (Å²) in [5.74, 6) is 1.59. The molecule has 1 aliphatic heterocycles. The number of nitrogens with zero attached hydrogens (tertiary/aromatic N) is 2. The number of nitrogens with one attached hydrogen (secondary N) is 1. The molecule has 0 saturated heterocycles. The molecule has 1 N–H and O–H groups in total. The van der Waals surface area contributed by atoms with Gasteiger partial charge in [-0.1, -0.05) is 127 Å². The van der Waals surface area contributed by atoms with Gasteiger partial charge in [0.25, 0.3) is 0 Å². The summed E-state index contributed by atoms with van der Waals surface area (Å²) in [4.78, 5) is 10.4. The van der Waals surface area contributed by atoms with E-state index >= 15 is 0 Å². The van der Waals surface area contributed by atoms with E-state index in [0.717, 1.165) is 67.0 Å². The Bertz CT molecular complexity index is 2790. The monoisotopic (exact) mass is 659 g/mol. The van der Waals surface area contributed by atoms with E-state index in [4.69, 9.17) is 14.4 Å². The quantitative estimate of drug-likeness (QED) is 0.200. The van der Waals surface area contributed by atoms with Crippen LogP contribution in [0.1, 0.15) is 22.9 Å². The first-order valence-corrected chi connectivity index (χ1v) is 17.6. The van der Waals surface area contributed by atoms with Crippen molar-refractivity contribution >= 4 is 65.1 Å². The highest BCUT2D eigenvalue weighted by Gasteiger charge is 2.22. The van der Waals surface area contributed by atoms with Crippen molar-refractivity contribution in [2.75, 3.05) is 0 Å². The van der Waals surface area contributed by atoms with E-state index in [-0.39, 0.29) is 0 Å². The zero-order valence-electron chi connectivity index (χ0n) is 26.9. The average Bonchev–Trinajstić information content (AvgIpc) is 3.76. The molecule has 0 fully saturated rings. The molecule has 0 bridgehead atoms. The molecule has 7 aromatic carbocycles. The lowest BCUT2D eigenvalue weighted by molar-refractivity contribution is 0.669. The molecule has 2 aromatic heterocycles. The van der Waals surface area contributed by atoms with Crippen molar-refractivity contribution in [3.05, 3.63) is 180 Å². The van der Waals surface area contributed by atoms with Gasteiger partial charge >= 0.3 is 0 Å². The summed E-state index contributed by atoms with van der Waals surface area (Å²) >= 11 is 1.82. The molecule has 9 aromatic rings. The smallest absolute Gasteiger partial charge is 0.169 e. The van der Waals surface area contributed by atoms with Gasteiger partial charge in [0, 0.05) is 42.1 Å². The molecule has 50 heavy (non-hydrogen) atoms.